The summed E-state index contributed by atoms with van der Waals surface area (Å²) in [4.78, 5) is 21.9. The van der Waals surface area contributed by atoms with Gasteiger partial charge in [-0.3, -0.25) is 9.69 Å². The van der Waals surface area contributed by atoms with Crippen LogP contribution >= 0.6 is 11.3 Å². The van der Waals surface area contributed by atoms with Crippen molar-refractivity contribution in [3.8, 4) is 0 Å². The van der Waals surface area contributed by atoms with Crippen LogP contribution in [0.4, 0.5) is 0 Å². The number of carbonyl (C=O) groups excluding carboxylic acids is 1. The zero-order valence-electron chi connectivity index (χ0n) is 14.1. The Bertz CT molecular complexity index is 731. The molecule has 1 fully saturated rings. The maximum atomic E-state index is 11.9. The predicted molar refractivity (Wildman–Crippen MR) is 94.6 cm³/mol. The highest BCUT2D eigenvalue weighted by Gasteiger charge is 2.25. The molecule has 0 saturated heterocycles. The highest BCUT2D eigenvalue weighted by molar-refractivity contribution is 7.11. The third kappa shape index (κ3) is 3.39. The van der Waals surface area contributed by atoms with Crippen molar-refractivity contribution in [3.05, 3.63) is 39.6 Å². The Hall–Kier alpha value is -1.66. The van der Waals surface area contributed by atoms with Crippen LogP contribution in [0.2, 0.25) is 0 Å². The molecule has 0 bridgehead atoms. The molecule has 4 rings (SSSR count). The number of nitrogens with one attached hydrogen (secondary N) is 1. The first kappa shape index (κ1) is 15.8. The molecule has 1 amide bonds. The van der Waals surface area contributed by atoms with E-state index in [1.165, 1.54) is 16.2 Å². The van der Waals surface area contributed by atoms with Gasteiger partial charge >= 0.3 is 0 Å². The molecule has 0 radical (unpaired) electrons. The van der Waals surface area contributed by atoms with Gasteiger partial charge < -0.3 is 9.88 Å². The number of thiophene rings is 1. The van der Waals surface area contributed by atoms with Crippen LogP contribution < -0.4 is 5.32 Å². The first-order valence-electron chi connectivity index (χ1n) is 8.78. The smallest absolute Gasteiger partial charge is 0.223 e. The zero-order valence-corrected chi connectivity index (χ0v) is 14.9. The van der Waals surface area contributed by atoms with Crippen molar-refractivity contribution < 1.29 is 4.79 Å². The van der Waals surface area contributed by atoms with Gasteiger partial charge in [-0.2, -0.15) is 0 Å². The maximum Gasteiger partial charge on any atom is 0.223 e. The predicted octanol–water partition coefficient (Wildman–Crippen LogP) is 2.69. The van der Waals surface area contributed by atoms with Crippen LogP contribution in [0.5, 0.6) is 0 Å². The first-order chi connectivity index (χ1) is 11.7. The van der Waals surface area contributed by atoms with Crippen LogP contribution in [0.25, 0.3) is 0 Å². The number of amides is 1. The standard InChI is InChI=1S/C18H24N4OS/c1-13-5-6-16(24-13)11-21-7-8-22-10-15(20-17(22)12-21)9-19-18(23)14-3-2-4-14/h5-6,10,14H,2-4,7-9,11-12H2,1H3,(H,19,23). The van der Waals surface area contributed by atoms with E-state index in [0.29, 0.717) is 6.54 Å². The topological polar surface area (TPSA) is 50.2 Å². The molecular formula is C18H24N4OS. The summed E-state index contributed by atoms with van der Waals surface area (Å²) in [7, 11) is 0. The molecule has 2 aromatic heterocycles. The summed E-state index contributed by atoms with van der Waals surface area (Å²) in [6.07, 6.45) is 5.38. The van der Waals surface area contributed by atoms with Gasteiger partial charge in [0, 0.05) is 41.5 Å². The number of carbonyl (C=O) groups is 1. The maximum absolute atomic E-state index is 11.9. The highest BCUT2D eigenvalue weighted by atomic mass is 32.1. The molecule has 2 aliphatic rings. The second-order valence-corrected chi connectivity index (χ2v) is 8.28. The second-order valence-electron chi connectivity index (χ2n) is 6.91. The Morgan fingerprint density at radius 2 is 2.25 bits per heavy atom. The molecule has 1 N–H and O–H groups in total. The van der Waals surface area contributed by atoms with Crippen molar-refractivity contribution in [2.24, 2.45) is 5.92 Å². The number of hydrogen-bond acceptors (Lipinski definition) is 4. The molecule has 2 aromatic rings. The third-order valence-electron chi connectivity index (χ3n) is 5.03. The first-order valence-corrected chi connectivity index (χ1v) is 9.59. The normalized spacial score (nSPS) is 18.2. The summed E-state index contributed by atoms with van der Waals surface area (Å²) in [5.41, 5.74) is 0.978. The Labute approximate surface area is 146 Å². The van der Waals surface area contributed by atoms with Gasteiger partial charge in [-0.15, -0.1) is 11.3 Å². The molecule has 5 nitrogen and oxygen atoms in total. The molecule has 3 heterocycles. The van der Waals surface area contributed by atoms with E-state index < -0.39 is 0 Å². The van der Waals surface area contributed by atoms with Crippen LogP contribution in [-0.4, -0.2) is 26.9 Å². The minimum absolute atomic E-state index is 0.196. The number of aryl methyl sites for hydroxylation is 1. The van der Waals surface area contributed by atoms with E-state index >= 15 is 0 Å². The van der Waals surface area contributed by atoms with Gasteiger partial charge in [0.15, 0.2) is 0 Å². The SMILES string of the molecule is Cc1ccc(CN2CCn3cc(CNC(=O)C4CCC4)nc3C2)s1. The van der Waals surface area contributed by atoms with Gasteiger partial charge in [0.25, 0.3) is 0 Å². The fourth-order valence-electron chi connectivity index (χ4n) is 3.36. The molecule has 6 heteroatoms. The summed E-state index contributed by atoms with van der Waals surface area (Å²) >= 11 is 1.87. The monoisotopic (exact) mass is 344 g/mol. The number of imidazole rings is 1. The lowest BCUT2D eigenvalue weighted by Crippen LogP contribution is -2.34. The Morgan fingerprint density at radius 3 is 2.96 bits per heavy atom. The van der Waals surface area contributed by atoms with Crippen molar-refractivity contribution in [3.63, 3.8) is 0 Å². The van der Waals surface area contributed by atoms with Gasteiger partial charge in [0.2, 0.25) is 5.91 Å². The summed E-state index contributed by atoms with van der Waals surface area (Å²) < 4.78 is 2.24. The number of hydrogen-bond donors (Lipinski definition) is 1. The molecule has 0 aromatic carbocycles. The lowest BCUT2D eigenvalue weighted by Gasteiger charge is -2.26. The van der Waals surface area contributed by atoms with Crippen LogP contribution in [0.15, 0.2) is 18.3 Å². The Morgan fingerprint density at radius 1 is 1.38 bits per heavy atom. The van der Waals surface area contributed by atoms with Crippen LogP contribution in [-0.2, 0) is 31.0 Å². The minimum atomic E-state index is 0.196. The molecule has 1 saturated carbocycles. The van der Waals surface area contributed by atoms with E-state index in [-0.39, 0.29) is 11.8 Å². The summed E-state index contributed by atoms with van der Waals surface area (Å²) in [5.74, 6) is 1.55. The molecule has 0 atom stereocenters. The van der Waals surface area contributed by atoms with Gasteiger partial charge in [0.1, 0.15) is 5.82 Å². The zero-order chi connectivity index (χ0) is 16.5. The van der Waals surface area contributed by atoms with E-state index in [0.717, 1.165) is 50.5 Å². The molecule has 0 unspecified atom stereocenters. The van der Waals surface area contributed by atoms with Crippen LogP contribution in [0.1, 0.15) is 40.5 Å². The number of nitrogens with zero attached hydrogens (tertiary/aromatic N) is 3. The average molecular weight is 344 g/mol. The van der Waals surface area contributed by atoms with Crippen molar-refractivity contribution in [1.82, 2.24) is 19.8 Å². The van der Waals surface area contributed by atoms with Crippen molar-refractivity contribution in [1.29, 1.82) is 0 Å². The molecule has 24 heavy (non-hydrogen) atoms. The summed E-state index contributed by atoms with van der Waals surface area (Å²) in [5, 5.41) is 3.04. The van der Waals surface area contributed by atoms with Crippen molar-refractivity contribution in [2.45, 2.75) is 52.4 Å². The summed E-state index contributed by atoms with van der Waals surface area (Å²) in [6.45, 7) is 6.62. The lowest BCUT2D eigenvalue weighted by molar-refractivity contribution is -0.127. The Balaban J connectivity index is 1.34. The van der Waals surface area contributed by atoms with Crippen molar-refractivity contribution in [2.75, 3.05) is 6.54 Å². The van der Waals surface area contributed by atoms with Gasteiger partial charge in [-0.05, 0) is 31.9 Å². The fraction of sp³-hybridized carbons (Fsp3) is 0.556. The van der Waals surface area contributed by atoms with E-state index in [1.54, 1.807) is 0 Å². The molecule has 0 spiro atoms. The quantitative estimate of drug-likeness (QED) is 0.907. The number of rotatable bonds is 5. The van der Waals surface area contributed by atoms with Gasteiger partial charge in [-0.1, -0.05) is 6.42 Å². The van der Waals surface area contributed by atoms with Gasteiger partial charge in [0.05, 0.1) is 18.8 Å². The summed E-state index contributed by atoms with van der Waals surface area (Å²) in [6, 6.07) is 4.41. The fourth-order valence-corrected chi connectivity index (χ4v) is 4.30. The minimum Gasteiger partial charge on any atom is -0.350 e. The van der Waals surface area contributed by atoms with Crippen molar-refractivity contribution >= 4 is 17.2 Å². The molecule has 1 aliphatic heterocycles. The Kier molecular flexibility index (Phi) is 4.41. The van der Waals surface area contributed by atoms with E-state index in [4.69, 9.17) is 4.98 Å². The number of fused-ring (bicyclic) bond motifs is 1. The number of aromatic nitrogens is 2. The lowest BCUT2D eigenvalue weighted by atomic mass is 9.85. The van der Waals surface area contributed by atoms with Crippen LogP contribution in [0, 0.1) is 12.8 Å². The van der Waals surface area contributed by atoms with Gasteiger partial charge in [-0.25, -0.2) is 4.98 Å². The van der Waals surface area contributed by atoms with E-state index in [2.05, 4.69) is 40.0 Å². The second kappa shape index (κ2) is 6.69. The third-order valence-corrected chi connectivity index (χ3v) is 6.01. The van der Waals surface area contributed by atoms with E-state index in [9.17, 15) is 4.79 Å². The average Bonchev–Trinajstić information content (AvgIpc) is 3.09. The largest absolute Gasteiger partial charge is 0.350 e. The molecular weight excluding hydrogens is 320 g/mol. The van der Waals surface area contributed by atoms with E-state index in [1.807, 2.05) is 11.3 Å². The highest BCUT2D eigenvalue weighted by Crippen LogP contribution is 2.26. The molecule has 128 valence electrons. The molecule has 1 aliphatic carbocycles. The van der Waals surface area contributed by atoms with Crippen LogP contribution in [0.3, 0.4) is 0 Å².